The summed E-state index contributed by atoms with van der Waals surface area (Å²) in [7, 11) is 0. The molecule has 2 aromatic rings. The van der Waals surface area contributed by atoms with Gasteiger partial charge in [0.05, 0.1) is 23.6 Å². The number of carbonyl (C=O) groups excluding carboxylic acids is 2. The van der Waals surface area contributed by atoms with Crippen LogP contribution in [0.4, 0.5) is 5.69 Å². The normalized spacial score (nSPS) is 10.3. The van der Waals surface area contributed by atoms with Gasteiger partial charge in [-0.15, -0.1) is 0 Å². The minimum absolute atomic E-state index is 0.178. The lowest BCUT2D eigenvalue weighted by atomic mass is 10.1. The van der Waals surface area contributed by atoms with Gasteiger partial charge in [-0.25, -0.2) is 4.79 Å². The van der Waals surface area contributed by atoms with Gasteiger partial charge >= 0.3 is 5.97 Å². The summed E-state index contributed by atoms with van der Waals surface area (Å²) in [5.74, 6) is -0.716. The van der Waals surface area contributed by atoms with Crippen LogP contribution in [0.5, 0.6) is 0 Å². The molecule has 0 aliphatic carbocycles. The second kappa shape index (κ2) is 6.06. The highest BCUT2D eigenvalue weighted by molar-refractivity contribution is 6.06. The first-order chi connectivity index (χ1) is 9.58. The van der Waals surface area contributed by atoms with Gasteiger partial charge in [-0.3, -0.25) is 4.79 Å². The quantitative estimate of drug-likeness (QED) is 0.869. The van der Waals surface area contributed by atoms with Gasteiger partial charge in [-0.1, -0.05) is 12.1 Å². The number of para-hydroxylation sites is 1. The Hall–Kier alpha value is -2.56. The number of amides is 1. The first-order valence-corrected chi connectivity index (χ1v) is 6.23. The van der Waals surface area contributed by atoms with E-state index in [1.807, 2.05) is 0 Å². The first kappa shape index (κ1) is 13.9. The van der Waals surface area contributed by atoms with Crippen LogP contribution in [0.15, 0.2) is 47.1 Å². The molecule has 0 aliphatic rings. The van der Waals surface area contributed by atoms with E-state index in [0.29, 0.717) is 11.3 Å². The van der Waals surface area contributed by atoms with Crippen LogP contribution in [-0.4, -0.2) is 18.0 Å². The molecule has 2 rings (SSSR count). The van der Waals surface area contributed by atoms with Crippen LogP contribution in [0.1, 0.15) is 34.8 Å². The number of carbonyl (C=O) groups is 2. The highest BCUT2D eigenvalue weighted by Crippen LogP contribution is 2.18. The molecule has 5 nitrogen and oxygen atoms in total. The topological polar surface area (TPSA) is 68.5 Å². The summed E-state index contributed by atoms with van der Waals surface area (Å²) >= 11 is 0. The molecule has 20 heavy (non-hydrogen) atoms. The van der Waals surface area contributed by atoms with Crippen molar-refractivity contribution >= 4 is 17.6 Å². The third kappa shape index (κ3) is 3.26. The van der Waals surface area contributed by atoms with Gasteiger partial charge in [0.25, 0.3) is 5.91 Å². The van der Waals surface area contributed by atoms with Crippen molar-refractivity contribution in [3.05, 3.63) is 54.0 Å². The summed E-state index contributed by atoms with van der Waals surface area (Å²) in [5, 5.41) is 2.63. The minimum atomic E-state index is -0.477. The van der Waals surface area contributed by atoms with Crippen LogP contribution in [0.2, 0.25) is 0 Å². The van der Waals surface area contributed by atoms with Gasteiger partial charge in [-0.05, 0) is 38.1 Å². The van der Waals surface area contributed by atoms with E-state index in [1.165, 1.54) is 6.26 Å². The Labute approximate surface area is 116 Å². The van der Waals surface area contributed by atoms with Crippen LogP contribution in [-0.2, 0) is 4.74 Å². The molecule has 0 unspecified atom stereocenters. The van der Waals surface area contributed by atoms with Crippen LogP contribution in [0.25, 0.3) is 0 Å². The molecule has 0 radical (unpaired) electrons. The number of ether oxygens (including phenoxy) is 1. The van der Waals surface area contributed by atoms with Gasteiger partial charge < -0.3 is 14.5 Å². The number of nitrogens with one attached hydrogen (secondary N) is 1. The smallest absolute Gasteiger partial charge is 0.340 e. The molecule has 0 aliphatic heterocycles. The van der Waals surface area contributed by atoms with Crippen LogP contribution < -0.4 is 5.32 Å². The Bertz CT molecular complexity index is 602. The third-order valence-corrected chi connectivity index (χ3v) is 2.48. The maximum absolute atomic E-state index is 11.9. The number of esters is 1. The number of hydrogen-bond donors (Lipinski definition) is 1. The zero-order valence-electron chi connectivity index (χ0n) is 11.3. The summed E-state index contributed by atoms with van der Waals surface area (Å²) in [6, 6.07) is 9.84. The molecular formula is C15H15NO4. The number of benzene rings is 1. The van der Waals surface area contributed by atoms with E-state index in [9.17, 15) is 9.59 Å². The standard InChI is InChI=1S/C15H15NO4/c1-10(2)20-15(18)11-6-3-4-7-12(11)16-14(17)13-8-5-9-19-13/h3-10H,1-2H3,(H,16,17). The second-order valence-corrected chi connectivity index (χ2v) is 4.43. The highest BCUT2D eigenvalue weighted by atomic mass is 16.5. The highest BCUT2D eigenvalue weighted by Gasteiger charge is 2.17. The maximum Gasteiger partial charge on any atom is 0.340 e. The molecule has 1 aromatic heterocycles. The van der Waals surface area contributed by atoms with E-state index in [-0.39, 0.29) is 11.9 Å². The van der Waals surface area contributed by atoms with Crippen LogP contribution in [0.3, 0.4) is 0 Å². The SMILES string of the molecule is CC(C)OC(=O)c1ccccc1NC(=O)c1ccco1. The van der Waals surface area contributed by atoms with Gasteiger partial charge in [0.2, 0.25) is 0 Å². The lowest BCUT2D eigenvalue weighted by Gasteiger charge is -2.12. The van der Waals surface area contributed by atoms with Crippen molar-refractivity contribution in [2.24, 2.45) is 0 Å². The summed E-state index contributed by atoms with van der Waals surface area (Å²) in [6.07, 6.45) is 1.18. The molecular weight excluding hydrogens is 258 g/mol. The average Bonchev–Trinajstić information content (AvgIpc) is 2.92. The molecule has 0 bridgehead atoms. The average molecular weight is 273 g/mol. The molecule has 104 valence electrons. The van der Waals surface area contributed by atoms with Crippen molar-refractivity contribution < 1.29 is 18.7 Å². The molecule has 1 aromatic carbocycles. The molecule has 1 N–H and O–H groups in total. The Balaban J connectivity index is 2.20. The van der Waals surface area contributed by atoms with Crippen molar-refractivity contribution in [1.29, 1.82) is 0 Å². The fraction of sp³-hybridized carbons (Fsp3) is 0.200. The Morgan fingerprint density at radius 3 is 2.55 bits per heavy atom. The summed E-state index contributed by atoms with van der Waals surface area (Å²) < 4.78 is 10.1. The number of rotatable bonds is 4. The number of furan rings is 1. The fourth-order valence-electron chi connectivity index (χ4n) is 1.64. The zero-order chi connectivity index (χ0) is 14.5. The summed E-state index contributed by atoms with van der Waals surface area (Å²) in [4.78, 5) is 23.9. The molecule has 0 spiro atoms. The Morgan fingerprint density at radius 1 is 1.15 bits per heavy atom. The largest absolute Gasteiger partial charge is 0.459 e. The molecule has 0 saturated heterocycles. The van der Waals surface area contributed by atoms with Gasteiger partial charge in [0.1, 0.15) is 0 Å². The molecule has 0 saturated carbocycles. The van der Waals surface area contributed by atoms with E-state index in [1.54, 1.807) is 50.2 Å². The summed E-state index contributed by atoms with van der Waals surface area (Å²) in [6.45, 7) is 3.53. The molecule has 1 amide bonds. The van der Waals surface area contributed by atoms with Crippen molar-refractivity contribution in [1.82, 2.24) is 0 Å². The van der Waals surface area contributed by atoms with Crippen LogP contribution in [0, 0.1) is 0 Å². The lowest BCUT2D eigenvalue weighted by molar-refractivity contribution is 0.0379. The fourth-order valence-corrected chi connectivity index (χ4v) is 1.64. The van der Waals surface area contributed by atoms with Crippen molar-refractivity contribution in [2.75, 3.05) is 5.32 Å². The zero-order valence-corrected chi connectivity index (χ0v) is 11.3. The van der Waals surface area contributed by atoms with E-state index >= 15 is 0 Å². The van der Waals surface area contributed by atoms with E-state index in [0.717, 1.165) is 0 Å². The lowest BCUT2D eigenvalue weighted by Crippen LogP contribution is -2.17. The molecule has 1 heterocycles. The monoisotopic (exact) mass is 273 g/mol. The van der Waals surface area contributed by atoms with E-state index in [4.69, 9.17) is 9.15 Å². The maximum atomic E-state index is 11.9. The van der Waals surface area contributed by atoms with Crippen LogP contribution >= 0.6 is 0 Å². The van der Waals surface area contributed by atoms with Crippen molar-refractivity contribution in [3.8, 4) is 0 Å². The van der Waals surface area contributed by atoms with Crippen molar-refractivity contribution in [3.63, 3.8) is 0 Å². The number of hydrogen-bond acceptors (Lipinski definition) is 4. The predicted octanol–water partition coefficient (Wildman–Crippen LogP) is 3.10. The first-order valence-electron chi connectivity index (χ1n) is 6.23. The predicted molar refractivity (Wildman–Crippen MR) is 73.7 cm³/mol. The van der Waals surface area contributed by atoms with Gasteiger partial charge in [0, 0.05) is 0 Å². The Morgan fingerprint density at radius 2 is 1.90 bits per heavy atom. The van der Waals surface area contributed by atoms with E-state index < -0.39 is 11.9 Å². The van der Waals surface area contributed by atoms with Crippen molar-refractivity contribution in [2.45, 2.75) is 20.0 Å². The van der Waals surface area contributed by atoms with Gasteiger partial charge in [-0.2, -0.15) is 0 Å². The molecule has 0 atom stereocenters. The number of anilines is 1. The molecule has 5 heteroatoms. The third-order valence-electron chi connectivity index (χ3n) is 2.48. The molecule has 0 fully saturated rings. The van der Waals surface area contributed by atoms with E-state index in [2.05, 4.69) is 5.32 Å². The minimum Gasteiger partial charge on any atom is -0.459 e. The summed E-state index contributed by atoms with van der Waals surface area (Å²) in [5.41, 5.74) is 0.695. The van der Waals surface area contributed by atoms with Gasteiger partial charge in [0.15, 0.2) is 5.76 Å². The second-order valence-electron chi connectivity index (χ2n) is 4.43. The Kier molecular flexibility index (Phi) is 4.20.